The van der Waals surface area contributed by atoms with Gasteiger partial charge >= 0.3 is 0 Å². The first-order valence-electron chi connectivity index (χ1n) is 10.6. The third-order valence-electron chi connectivity index (χ3n) is 5.08. The van der Waals surface area contributed by atoms with Crippen LogP contribution in [-0.2, 0) is 0 Å². The van der Waals surface area contributed by atoms with Gasteiger partial charge in [0.25, 0.3) is 0 Å². The van der Waals surface area contributed by atoms with E-state index in [9.17, 15) is 0 Å². The predicted octanol–water partition coefficient (Wildman–Crippen LogP) is 4.25. The second-order valence-electron chi connectivity index (χ2n) is 7.38. The Morgan fingerprint density at radius 3 is 2.56 bits per heavy atom. The Kier molecular flexibility index (Phi) is 6.34. The zero-order valence-electron chi connectivity index (χ0n) is 18.7. The first-order valence-corrected chi connectivity index (χ1v) is 10.6. The van der Waals surface area contributed by atoms with Crippen molar-refractivity contribution in [2.75, 3.05) is 35.5 Å². The van der Waals surface area contributed by atoms with Crippen molar-refractivity contribution >= 4 is 29.7 Å². The lowest BCUT2D eigenvalue weighted by Gasteiger charge is -2.19. The summed E-state index contributed by atoms with van der Waals surface area (Å²) < 4.78 is 10.8. The van der Waals surface area contributed by atoms with Gasteiger partial charge in [-0.25, -0.2) is 5.43 Å². The van der Waals surface area contributed by atoms with Crippen LogP contribution in [-0.4, -0.2) is 41.0 Å². The first kappa shape index (κ1) is 21.4. The highest BCUT2D eigenvalue weighted by Gasteiger charge is 2.14. The fraction of sp³-hybridized carbons (Fsp3) is 0.304. The molecule has 0 spiro atoms. The molecule has 1 aliphatic rings. The van der Waals surface area contributed by atoms with Gasteiger partial charge in [0.2, 0.25) is 24.6 Å². The number of aromatic nitrogens is 3. The van der Waals surface area contributed by atoms with Crippen LogP contribution in [0.3, 0.4) is 0 Å². The largest absolute Gasteiger partial charge is 0.454 e. The number of aryl methyl sites for hydroxylation is 2. The summed E-state index contributed by atoms with van der Waals surface area (Å²) in [5.74, 6) is 2.83. The summed E-state index contributed by atoms with van der Waals surface area (Å²) >= 11 is 0. The Balaban J connectivity index is 1.58. The van der Waals surface area contributed by atoms with Gasteiger partial charge in [-0.1, -0.05) is 12.1 Å². The predicted molar refractivity (Wildman–Crippen MR) is 126 cm³/mol. The average molecular weight is 434 g/mol. The van der Waals surface area contributed by atoms with Crippen LogP contribution in [0.5, 0.6) is 11.5 Å². The summed E-state index contributed by atoms with van der Waals surface area (Å²) in [4.78, 5) is 15.7. The fourth-order valence-corrected chi connectivity index (χ4v) is 3.27. The van der Waals surface area contributed by atoms with Gasteiger partial charge < -0.3 is 19.7 Å². The molecule has 3 aromatic rings. The topological polar surface area (TPSA) is 96.8 Å². The molecule has 0 aliphatic carbocycles. The summed E-state index contributed by atoms with van der Waals surface area (Å²) in [6.45, 7) is 10.0. The number of anilines is 4. The van der Waals surface area contributed by atoms with E-state index < -0.39 is 0 Å². The molecule has 0 saturated heterocycles. The number of benzene rings is 2. The van der Waals surface area contributed by atoms with Gasteiger partial charge in [0, 0.05) is 18.8 Å². The number of hydrogen-bond donors (Lipinski definition) is 2. The zero-order valence-corrected chi connectivity index (χ0v) is 18.7. The van der Waals surface area contributed by atoms with Gasteiger partial charge in [0.15, 0.2) is 11.5 Å². The Morgan fingerprint density at radius 2 is 1.75 bits per heavy atom. The third-order valence-corrected chi connectivity index (χ3v) is 5.08. The molecule has 0 amide bonds. The number of fused-ring (bicyclic) bond motifs is 1. The lowest BCUT2D eigenvalue weighted by atomic mass is 10.1. The summed E-state index contributed by atoms with van der Waals surface area (Å²) in [7, 11) is 0. The SMILES string of the molecule is CCN(CC)c1nc(N/N=C/c2ccc3c(c2)OCO3)nc(Nc2cc(C)ccc2C)n1. The van der Waals surface area contributed by atoms with E-state index in [0.29, 0.717) is 23.6 Å². The highest BCUT2D eigenvalue weighted by atomic mass is 16.7. The van der Waals surface area contributed by atoms with E-state index >= 15 is 0 Å². The van der Waals surface area contributed by atoms with Gasteiger partial charge in [0.1, 0.15) is 0 Å². The molecular weight excluding hydrogens is 406 g/mol. The molecule has 0 unspecified atom stereocenters. The molecule has 1 aliphatic heterocycles. The van der Waals surface area contributed by atoms with Crippen LogP contribution in [0.2, 0.25) is 0 Å². The molecule has 2 aromatic carbocycles. The third kappa shape index (κ3) is 4.88. The molecule has 1 aromatic heterocycles. The molecule has 9 nitrogen and oxygen atoms in total. The molecule has 2 heterocycles. The minimum Gasteiger partial charge on any atom is -0.454 e. The molecule has 0 atom stereocenters. The van der Waals surface area contributed by atoms with Crippen LogP contribution in [0.1, 0.15) is 30.5 Å². The monoisotopic (exact) mass is 433 g/mol. The van der Waals surface area contributed by atoms with Crippen LogP contribution < -0.4 is 25.1 Å². The van der Waals surface area contributed by atoms with E-state index in [4.69, 9.17) is 9.47 Å². The van der Waals surface area contributed by atoms with Crippen LogP contribution in [0.25, 0.3) is 0 Å². The van der Waals surface area contributed by atoms with Gasteiger partial charge in [-0.15, -0.1) is 0 Å². The Bertz CT molecular complexity index is 1130. The van der Waals surface area contributed by atoms with Crippen molar-refractivity contribution in [2.45, 2.75) is 27.7 Å². The zero-order chi connectivity index (χ0) is 22.5. The second kappa shape index (κ2) is 9.51. The van der Waals surface area contributed by atoms with Crippen molar-refractivity contribution in [2.24, 2.45) is 5.10 Å². The highest BCUT2D eigenvalue weighted by Crippen LogP contribution is 2.32. The Labute approximate surface area is 187 Å². The van der Waals surface area contributed by atoms with Crippen LogP contribution in [0.15, 0.2) is 41.5 Å². The number of rotatable bonds is 8. The van der Waals surface area contributed by atoms with Crippen molar-refractivity contribution in [1.29, 1.82) is 0 Å². The van der Waals surface area contributed by atoms with Gasteiger partial charge in [-0.3, -0.25) is 0 Å². The summed E-state index contributed by atoms with van der Waals surface area (Å²) in [5.41, 5.74) is 7.01. The van der Waals surface area contributed by atoms with E-state index in [1.54, 1.807) is 6.21 Å². The Hall–Kier alpha value is -3.88. The maximum Gasteiger partial charge on any atom is 0.250 e. The maximum atomic E-state index is 5.41. The van der Waals surface area contributed by atoms with Crippen molar-refractivity contribution in [1.82, 2.24) is 15.0 Å². The molecule has 0 saturated carbocycles. The lowest BCUT2D eigenvalue weighted by Crippen LogP contribution is -2.25. The van der Waals surface area contributed by atoms with E-state index in [0.717, 1.165) is 41.2 Å². The maximum absolute atomic E-state index is 5.41. The standard InChI is InChI=1S/C23H27N7O2/c1-5-30(6-2)23-27-21(25-18-11-15(3)7-8-16(18)4)26-22(28-23)29-24-13-17-9-10-19-20(12-17)32-14-31-19/h7-13H,5-6,14H2,1-4H3,(H2,25,26,27,28,29)/b24-13+. The quantitative estimate of drug-likeness (QED) is 0.402. The van der Waals surface area contributed by atoms with Crippen molar-refractivity contribution in [3.8, 4) is 11.5 Å². The molecule has 0 bridgehead atoms. The van der Waals surface area contributed by atoms with Crippen molar-refractivity contribution in [3.63, 3.8) is 0 Å². The minimum absolute atomic E-state index is 0.239. The van der Waals surface area contributed by atoms with Crippen LogP contribution in [0.4, 0.5) is 23.5 Å². The van der Waals surface area contributed by atoms with Crippen molar-refractivity contribution < 1.29 is 9.47 Å². The number of hydrogen-bond acceptors (Lipinski definition) is 9. The molecule has 166 valence electrons. The minimum atomic E-state index is 0.239. The van der Waals surface area contributed by atoms with E-state index in [1.807, 2.05) is 25.1 Å². The molecule has 9 heteroatoms. The van der Waals surface area contributed by atoms with E-state index in [-0.39, 0.29) is 6.79 Å². The van der Waals surface area contributed by atoms with Crippen molar-refractivity contribution in [3.05, 3.63) is 53.1 Å². The van der Waals surface area contributed by atoms with Gasteiger partial charge in [-0.2, -0.15) is 20.1 Å². The molecule has 2 N–H and O–H groups in total. The summed E-state index contributed by atoms with van der Waals surface area (Å²) in [5, 5.41) is 7.62. The fourth-order valence-electron chi connectivity index (χ4n) is 3.27. The highest BCUT2D eigenvalue weighted by molar-refractivity contribution is 5.81. The van der Waals surface area contributed by atoms with E-state index in [2.05, 4.69) is 74.7 Å². The number of nitrogens with zero attached hydrogens (tertiary/aromatic N) is 5. The molecule has 4 rings (SSSR count). The van der Waals surface area contributed by atoms with Gasteiger partial charge in [-0.05, 0) is 68.7 Å². The molecule has 32 heavy (non-hydrogen) atoms. The van der Waals surface area contributed by atoms with E-state index in [1.165, 1.54) is 0 Å². The van der Waals surface area contributed by atoms with Crippen LogP contribution >= 0.6 is 0 Å². The van der Waals surface area contributed by atoms with Gasteiger partial charge in [0.05, 0.1) is 6.21 Å². The number of ether oxygens (including phenoxy) is 2. The average Bonchev–Trinajstić information content (AvgIpc) is 3.25. The number of nitrogens with one attached hydrogen (secondary N) is 2. The molecular formula is C23H27N7O2. The Morgan fingerprint density at radius 1 is 0.969 bits per heavy atom. The summed E-state index contributed by atoms with van der Waals surface area (Å²) in [6, 6.07) is 11.8. The second-order valence-corrected chi connectivity index (χ2v) is 7.38. The lowest BCUT2D eigenvalue weighted by molar-refractivity contribution is 0.174. The first-order chi connectivity index (χ1) is 15.6. The summed E-state index contributed by atoms with van der Waals surface area (Å²) in [6.07, 6.45) is 1.68. The molecule has 0 fully saturated rings. The normalized spacial score (nSPS) is 12.2. The molecule has 0 radical (unpaired) electrons. The smallest absolute Gasteiger partial charge is 0.250 e. The van der Waals surface area contributed by atoms with Crippen LogP contribution in [0, 0.1) is 13.8 Å². The number of hydrazone groups is 1.